The second-order valence-electron chi connectivity index (χ2n) is 6.27. The first kappa shape index (κ1) is 15.6. The summed E-state index contributed by atoms with van der Waals surface area (Å²) in [5.41, 5.74) is 2.73. The summed E-state index contributed by atoms with van der Waals surface area (Å²) in [5.74, 6) is -1.17. The molecule has 0 spiro atoms. The average molecular weight is 292 g/mol. The average Bonchev–Trinajstić information content (AvgIpc) is 2.94. The lowest BCUT2D eigenvalue weighted by molar-refractivity contribution is -0.141. The van der Waals surface area contributed by atoms with Gasteiger partial charge in [0.2, 0.25) is 0 Å². The second-order valence-corrected chi connectivity index (χ2v) is 6.27. The van der Waals surface area contributed by atoms with E-state index in [1.54, 1.807) is 0 Å². The van der Waals surface area contributed by atoms with Crippen LogP contribution in [0.2, 0.25) is 0 Å². The van der Waals surface area contributed by atoms with E-state index in [1.165, 1.54) is 0 Å². The van der Waals surface area contributed by atoms with Gasteiger partial charge in [-0.25, -0.2) is 0 Å². The van der Waals surface area contributed by atoms with Gasteiger partial charge in [0.1, 0.15) is 0 Å². The fourth-order valence-corrected chi connectivity index (χ4v) is 3.40. The smallest absolute Gasteiger partial charge is 0.306 e. The molecule has 5 nitrogen and oxygen atoms in total. The predicted molar refractivity (Wildman–Crippen MR) is 80.5 cm³/mol. The van der Waals surface area contributed by atoms with Gasteiger partial charge in [0, 0.05) is 23.5 Å². The highest BCUT2D eigenvalue weighted by atomic mass is 16.4. The molecule has 1 aromatic rings. The third-order valence-corrected chi connectivity index (χ3v) is 4.36. The fourth-order valence-electron chi connectivity index (χ4n) is 3.40. The molecule has 21 heavy (non-hydrogen) atoms. The van der Waals surface area contributed by atoms with Crippen LogP contribution in [0.15, 0.2) is 6.07 Å². The lowest BCUT2D eigenvalue weighted by atomic mass is 10.1. The molecule has 0 bridgehead atoms. The van der Waals surface area contributed by atoms with Crippen LogP contribution in [0.25, 0.3) is 0 Å². The van der Waals surface area contributed by atoms with Gasteiger partial charge in [-0.05, 0) is 53.0 Å². The number of aryl methyl sites for hydroxylation is 1. The molecule has 1 amide bonds. The molecule has 1 aromatic heterocycles. The van der Waals surface area contributed by atoms with Crippen LogP contribution in [-0.2, 0) is 4.79 Å². The first-order chi connectivity index (χ1) is 9.81. The van der Waals surface area contributed by atoms with E-state index in [-0.39, 0.29) is 17.9 Å². The largest absolute Gasteiger partial charge is 0.481 e. The van der Waals surface area contributed by atoms with Crippen molar-refractivity contribution in [2.75, 3.05) is 0 Å². The molecule has 116 valence electrons. The molecular formula is C16H24N2O3. The summed E-state index contributed by atoms with van der Waals surface area (Å²) in [4.78, 5) is 23.4. The SMILES string of the molecule is Cc1cc(C(=O)N[C@@H]2CC[C@@H](C(=O)O)C2)c(C)n1C(C)C. The van der Waals surface area contributed by atoms with Crippen molar-refractivity contribution in [1.82, 2.24) is 9.88 Å². The number of nitrogens with one attached hydrogen (secondary N) is 1. The van der Waals surface area contributed by atoms with E-state index in [4.69, 9.17) is 5.11 Å². The van der Waals surface area contributed by atoms with Crippen molar-refractivity contribution < 1.29 is 14.7 Å². The summed E-state index contributed by atoms with van der Waals surface area (Å²) < 4.78 is 2.14. The molecule has 1 fully saturated rings. The number of carboxylic acid groups (broad SMARTS) is 1. The van der Waals surface area contributed by atoms with Crippen LogP contribution in [0.5, 0.6) is 0 Å². The predicted octanol–water partition coefficient (Wildman–Crippen LogP) is 2.67. The summed E-state index contributed by atoms with van der Waals surface area (Å²) >= 11 is 0. The third kappa shape index (κ3) is 3.12. The summed E-state index contributed by atoms with van der Waals surface area (Å²) in [7, 11) is 0. The molecule has 1 aliphatic carbocycles. The maximum atomic E-state index is 12.4. The topological polar surface area (TPSA) is 71.3 Å². The van der Waals surface area contributed by atoms with E-state index in [2.05, 4.69) is 23.7 Å². The van der Waals surface area contributed by atoms with Gasteiger partial charge in [-0.15, -0.1) is 0 Å². The number of carboxylic acids is 1. The van der Waals surface area contributed by atoms with Crippen LogP contribution in [-0.4, -0.2) is 27.6 Å². The second kappa shape index (κ2) is 5.92. The molecule has 0 saturated heterocycles. The number of aliphatic carboxylic acids is 1. The van der Waals surface area contributed by atoms with Crippen molar-refractivity contribution in [1.29, 1.82) is 0 Å². The van der Waals surface area contributed by atoms with Crippen LogP contribution >= 0.6 is 0 Å². The van der Waals surface area contributed by atoms with E-state index in [0.29, 0.717) is 24.4 Å². The van der Waals surface area contributed by atoms with Crippen molar-refractivity contribution in [3.8, 4) is 0 Å². The Morgan fingerprint density at radius 1 is 1.33 bits per heavy atom. The van der Waals surface area contributed by atoms with E-state index in [0.717, 1.165) is 17.8 Å². The standard InChI is InChI=1S/C16H24N2O3/c1-9(2)18-10(3)7-14(11(18)4)15(19)17-13-6-5-12(8-13)16(20)21/h7,9,12-13H,5-6,8H2,1-4H3,(H,17,19)(H,20,21)/t12-,13-/m1/s1. The van der Waals surface area contributed by atoms with Crippen molar-refractivity contribution in [2.24, 2.45) is 5.92 Å². The number of hydrogen-bond donors (Lipinski definition) is 2. The molecule has 5 heteroatoms. The normalized spacial score (nSPS) is 21.8. The van der Waals surface area contributed by atoms with Crippen molar-refractivity contribution in [2.45, 2.75) is 59.0 Å². The summed E-state index contributed by atoms with van der Waals surface area (Å²) in [6, 6.07) is 2.20. The van der Waals surface area contributed by atoms with Gasteiger partial charge < -0.3 is 15.0 Å². The first-order valence-corrected chi connectivity index (χ1v) is 7.53. The van der Waals surface area contributed by atoms with E-state index in [1.807, 2.05) is 19.9 Å². The van der Waals surface area contributed by atoms with Crippen LogP contribution < -0.4 is 5.32 Å². The number of rotatable bonds is 4. The van der Waals surface area contributed by atoms with Gasteiger partial charge in [0.25, 0.3) is 5.91 Å². The quantitative estimate of drug-likeness (QED) is 0.896. The molecular weight excluding hydrogens is 268 g/mol. The van der Waals surface area contributed by atoms with Gasteiger partial charge in [0.05, 0.1) is 11.5 Å². The maximum absolute atomic E-state index is 12.4. The van der Waals surface area contributed by atoms with Crippen LogP contribution in [0, 0.1) is 19.8 Å². The molecule has 2 atom stereocenters. The van der Waals surface area contributed by atoms with Crippen LogP contribution in [0.4, 0.5) is 0 Å². The van der Waals surface area contributed by atoms with Crippen LogP contribution in [0.1, 0.15) is 60.9 Å². The van der Waals surface area contributed by atoms with Crippen molar-refractivity contribution >= 4 is 11.9 Å². The highest BCUT2D eigenvalue weighted by molar-refractivity contribution is 5.96. The zero-order chi connectivity index (χ0) is 15.7. The summed E-state index contributed by atoms with van der Waals surface area (Å²) in [6.07, 6.45) is 1.92. The van der Waals surface area contributed by atoms with E-state index in [9.17, 15) is 9.59 Å². The van der Waals surface area contributed by atoms with Crippen LogP contribution in [0.3, 0.4) is 0 Å². The Kier molecular flexibility index (Phi) is 4.40. The van der Waals surface area contributed by atoms with Crippen molar-refractivity contribution in [3.63, 3.8) is 0 Å². The number of aromatic nitrogens is 1. The molecule has 0 aliphatic heterocycles. The Morgan fingerprint density at radius 2 is 2.00 bits per heavy atom. The summed E-state index contributed by atoms with van der Waals surface area (Å²) in [6.45, 7) is 8.14. The molecule has 0 unspecified atom stereocenters. The highest BCUT2D eigenvalue weighted by Gasteiger charge is 2.31. The minimum atomic E-state index is -0.760. The molecule has 0 aromatic carbocycles. The minimum absolute atomic E-state index is 0.0271. The van der Waals surface area contributed by atoms with Crippen molar-refractivity contribution in [3.05, 3.63) is 23.0 Å². The monoisotopic (exact) mass is 292 g/mol. The number of carbonyl (C=O) groups excluding carboxylic acids is 1. The zero-order valence-corrected chi connectivity index (χ0v) is 13.1. The van der Waals surface area contributed by atoms with Gasteiger partial charge in [0.15, 0.2) is 0 Å². The summed E-state index contributed by atoms with van der Waals surface area (Å²) in [5, 5.41) is 12.0. The minimum Gasteiger partial charge on any atom is -0.481 e. The molecule has 0 radical (unpaired) electrons. The van der Waals surface area contributed by atoms with Gasteiger partial charge in [-0.3, -0.25) is 9.59 Å². The lowest BCUT2D eigenvalue weighted by Crippen LogP contribution is -2.33. The zero-order valence-electron chi connectivity index (χ0n) is 13.1. The third-order valence-electron chi connectivity index (χ3n) is 4.36. The molecule has 1 saturated carbocycles. The Balaban J connectivity index is 2.08. The fraction of sp³-hybridized carbons (Fsp3) is 0.625. The maximum Gasteiger partial charge on any atom is 0.306 e. The van der Waals surface area contributed by atoms with Gasteiger partial charge in [-0.1, -0.05) is 0 Å². The van der Waals surface area contributed by atoms with Gasteiger partial charge >= 0.3 is 5.97 Å². The Labute approximate surface area is 125 Å². The Bertz CT molecular complexity index is 560. The van der Waals surface area contributed by atoms with E-state index < -0.39 is 5.97 Å². The molecule has 1 aliphatic rings. The first-order valence-electron chi connectivity index (χ1n) is 7.53. The Hall–Kier alpha value is -1.78. The number of carbonyl (C=O) groups is 2. The lowest BCUT2D eigenvalue weighted by Gasteiger charge is -2.15. The number of hydrogen-bond acceptors (Lipinski definition) is 2. The highest BCUT2D eigenvalue weighted by Crippen LogP contribution is 2.26. The van der Waals surface area contributed by atoms with Gasteiger partial charge in [-0.2, -0.15) is 0 Å². The number of nitrogens with zero attached hydrogens (tertiary/aromatic N) is 1. The molecule has 1 heterocycles. The molecule has 2 N–H and O–H groups in total. The number of amides is 1. The molecule has 2 rings (SSSR count). The van der Waals surface area contributed by atoms with E-state index >= 15 is 0 Å². The Morgan fingerprint density at radius 3 is 2.48 bits per heavy atom.